The summed E-state index contributed by atoms with van der Waals surface area (Å²) in [5, 5.41) is 9.60. The fourth-order valence-corrected chi connectivity index (χ4v) is 7.15. The van der Waals surface area contributed by atoms with Gasteiger partial charge in [-0.05, 0) is 43.6 Å². The van der Waals surface area contributed by atoms with Crippen LogP contribution in [0.3, 0.4) is 0 Å². The van der Waals surface area contributed by atoms with Crippen molar-refractivity contribution in [3.8, 4) is 0 Å². The first-order valence-corrected chi connectivity index (χ1v) is 10.2. The fraction of sp³-hybridized carbons (Fsp3) is 0.737. The van der Waals surface area contributed by atoms with Crippen LogP contribution in [-0.2, 0) is 4.79 Å². The molecular weight excluding hydrogens is 342 g/mol. The van der Waals surface area contributed by atoms with Gasteiger partial charge in [-0.2, -0.15) is 0 Å². The number of hydrogen-bond acceptors (Lipinski definition) is 3. The Labute approximate surface area is 155 Å². The minimum absolute atomic E-state index is 0. The minimum atomic E-state index is -0.589. The van der Waals surface area contributed by atoms with Crippen LogP contribution < -0.4 is 0 Å². The molecule has 0 radical (unpaired) electrons. The zero-order valence-corrected chi connectivity index (χ0v) is 15.8. The Hall–Kier alpha value is -0.610. The number of likely N-dealkylation sites (tertiary alicyclic amines) is 1. The van der Waals surface area contributed by atoms with E-state index >= 15 is 0 Å². The largest absolute Gasteiger partial charge is 0.481 e. The topological polar surface area (TPSA) is 40.5 Å². The molecule has 5 heteroatoms. The second-order valence-corrected chi connectivity index (χ2v) is 9.03. The molecule has 2 heterocycles. The Morgan fingerprint density at radius 1 is 1.29 bits per heavy atom. The Bertz CT molecular complexity index is 543. The summed E-state index contributed by atoms with van der Waals surface area (Å²) in [5.74, 6) is 1.18. The van der Waals surface area contributed by atoms with E-state index in [1.54, 1.807) is 0 Å². The zero-order valence-electron chi connectivity index (χ0n) is 14.2. The maximum Gasteiger partial charge on any atom is 0.307 e. The number of piperidine rings is 1. The Balaban J connectivity index is 0.00000169. The monoisotopic (exact) mass is 369 g/mol. The summed E-state index contributed by atoms with van der Waals surface area (Å²) in [6, 6.07) is 0. The van der Waals surface area contributed by atoms with Gasteiger partial charge < -0.3 is 10.0 Å². The highest BCUT2D eigenvalue weighted by molar-refractivity contribution is 8.01. The van der Waals surface area contributed by atoms with Crippen molar-refractivity contribution in [1.29, 1.82) is 0 Å². The van der Waals surface area contributed by atoms with Gasteiger partial charge in [0.15, 0.2) is 0 Å². The molecule has 3 unspecified atom stereocenters. The Morgan fingerprint density at radius 3 is 2.83 bits per heavy atom. The third-order valence-electron chi connectivity index (χ3n) is 6.42. The van der Waals surface area contributed by atoms with Crippen LogP contribution in [0.2, 0.25) is 0 Å². The third kappa shape index (κ3) is 3.01. The van der Waals surface area contributed by atoms with Crippen LogP contribution in [-0.4, -0.2) is 39.6 Å². The summed E-state index contributed by atoms with van der Waals surface area (Å²) >= 11 is 1.92. The molecule has 4 aliphatic rings. The van der Waals surface area contributed by atoms with Crippen LogP contribution in [0, 0.1) is 17.8 Å². The molecule has 3 atom stereocenters. The number of carbonyl (C=O) groups is 1. The van der Waals surface area contributed by atoms with Crippen LogP contribution in [0.25, 0.3) is 0 Å². The average molecular weight is 370 g/mol. The fourth-order valence-electron chi connectivity index (χ4n) is 5.25. The number of nitrogens with zero attached hydrogens (tertiary/aromatic N) is 1. The van der Waals surface area contributed by atoms with Crippen LogP contribution in [0.5, 0.6) is 0 Å². The molecule has 0 aromatic heterocycles. The van der Waals surface area contributed by atoms with E-state index in [0.29, 0.717) is 5.92 Å². The van der Waals surface area contributed by atoms with Gasteiger partial charge in [0, 0.05) is 24.5 Å². The van der Waals surface area contributed by atoms with E-state index < -0.39 is 5.97 Å². The molecule has 0 aromatic carbocycles. The lowest BCUT2D eigenvalue weighted by molar-refractivity contribution is -0.143. The number of rotatable bonds is 3. The van der Waals surface area contributed by atoms with E-state index in [2.05, 4.69) is 23.1 Å². The summed E-state index contributed by atoms with van der Waals surface area (Å²) < 4.78 is 0.0464. The molecule has 3 nitrogen and oxygen atoms in total. The van der Waals surface area contributed by atoms with Crippen molar-refractivity contribution in [1.82, 2.24) is 4.90 Å². The van der Waals surface area contributed by atoms with Gasteiger partial charge in [-0.15, -0.1) is 24.2 Å². The highest BCUT2D eigenvalue weighted by Crippen LogP contribution is 2.58. The third-order valence-corrected chi connectivity index (χ3v) is 8.14. The molecule has 0 aromatic rings. The second kappa shape index (κ2) is 7.33. The van der Waals surface area contributed by atoms with Gasteiger partial charge in [-0.1, -0.05) is 31.4 Å². The molecule has 1 saturated carbocycles. The molecule has 1 spiro atoms. The first-order valence-electron chi connectivity index (χ1n) is 9.20. The number of hydrogen-bond donors (Lipinski definition) is 1. The normalized spacial score (nSPS) is 35.7. The van der Waals surface area contributed by atoms with Crippen LogP contribution in [0.15, 0.2) is 23.9 Å². The van der Waals surface area contributed by atoms with Crippen LogP contribution >= 0.6 is 24.2 Å². The van der Waals surface area contributed by atoms with E-state index in [1.807, 2.05) is 11.8 Å². The number of halogens is 1. The van der Waals surface area contributed by atoms with Crippen molar-refractivity contribution in [3.63, 3.8) is 0 Å². The number of allylic oxidation sites excluding steroid dienone is 3. The van der Waals surface area contributed by atoms with Gasteiger partial charge >= 0.3 is 5.97 Å². The second-order valence-electron chi connectivity index (χ2n) is 7.67. The molecule has 2 saturated heterocycles. The van der Waals surface area contributed by atoms with Gasteiger partial charge in [0.1, 0.15) is 0 Å². The molecular formula is C19H28ClNO2S. The lowest BCUT2D eigenvalue weighted by Gasteiger charge is -2.50. The number of aliphatic carboxylic acids is 1. The standard InChI is InChI=1S/C19H27NO2S.ClH/c21-18(22)15-13-23-19-10-5-4-8-17(19)20(11-9-16(15)19)12-14-6-2-1-3-7-14;/h4-5,8,14-16H,1-3,6-7,9-13H2,(H,21,22);1H. The zero-order chi connectivity index (χ0) is 15.9. The molecule has 0 bridgehead atoms. The first-order chi connectivity index (χ1) is 11.2. The van der Waals surface area contributed by atoms with Gasteiger partial charge in [-0.25, -0.2) is 0 Å². The maximum absolute atomic E-state index is 11.7. The molecule has 0 amide bonds. The van der Waals surface area contributed by atoms with Gasteiger partial charge in [0.2, 0.25) is 0 Å². The molecule has 2 aliphatic carbocycles. The summed E-state index contributed by atoms with van der Waals surface area (Å²) in [4.78, 5) is 14.3. The van der Waals surface area contributed by atoms with Crippen molar-refractivity contribution >= 4 is 30.1 Å². The molecule has 134 valence electrons. The molecule has 24 heavy (non-hydrogen) atoms. The van der Waals surface area contributed by atoms with Crippen molar-refractivity contribution in [2.24, 2.45) is 17.8 Å². The van der Waals surface area contributed by atoms with Gasteiger partial charge in [0.25, 0.3) is 0 Å². The lowest BCUT2D eigenvalue weighted by Crippen LogP contribution is -2.51. The summed E-state index contributed by atoms with van der Waals surface area (Å²) in [7, 11) is 0. The molecule has 4 rings (SSSR count). The van der Waals surface area contributed by atoms with Gasteiger partial charge in [0.05, 0.1) is 10.7 Å². The van der Waals surface area contributed by atoms with E-state index in [9.17, 15) is 9.90 Å². The predicted molar refractivity (Wildman–Crippen MR) is 102 cm³/mol. The highest BCUT2D eigenvalue weighted by Gasteiger charge is 2.56. The molecule has 1 N–H and O–H groups in total. The first kappa shape index (κ1) is 18.2. The van der Waals surface area contributed by atoms with E-state index in [-0.39, 0.29) is 23.1 Å². The van der Waals surface area contributed by atoms with Gasteiger partial charge in [-0.3, -0.25) is 4.79 Å². The van der Waals surface area contributed by atoms with E-state index in [4.69, 9.17) is 0 Å². The highest BCUT2D eigenvalue weighted by atomic mass is 35.5. The quantitative estimate of drug-likeness (QED) is 0.803. The number of carboxylic acid groups (broad SMARTS) is 1. The average Bonchev–Trinajstić information content (AvgIpc) is 2.94. The molecule has 3 fully saturated rings. The number of carboxylic acids is 1. The van der Waals surface area contributed by atoms with Crippen LogP contribution in [0.4, 0.5) is 0 Å². The smallest absolute Gasteiger partial charge is 0.307 e. The predicted octanol–water partition coefficient (Wildman–Crippen LogP) is 4.34. The summed E-state index contributed by atoms with van der Waals surface area (Å²) in [6.45, 7) is 2.24. The minimum Gasteiger partial charge on any atom is -0.481 e. The van der Waals surface area contributed by atoms with Crippen LogP contribution in [0.1, 0.15) is 44.9 Å². The van der Waals surface area contributed by atoms with E-state index in [1.165, 1.54) is 44.3 Å². The number of thioether (sulfide) groups is 1. The van der Waals surface area contributed by atoms with E-state index in [0.717, 1.165) is 31.1 Å². The Morgan fingerprint density at radius 2 is 2.08 bits per heavy atom. The summed E-state index contributed by atoms with van der Waals surface area (Å²) in [6.07, 6.45) is 15.7. The van der Waals surface area contributed by atoms with Crippen molar-refractivity contribution in [2.45, 2.75) is 49.7 Å². The summed E-state index contributed by atoms with van der Waals surface area (Å²) in [5.41, 5.74) is 1.44. The van der Waals surface area contributed by atoms with Crippen molar-refractivity contribution in [3.05, 3.63) is 23.9 Å². The maximum atomic E-state index is 11.7. The Kier molecular flexibility index (Phi) is 5.55. The lowest BCUT2D eigenvalue weighted by atomic mass is 9.72. The SMILES string of the molecule is Cl.O=C(O)C1CSC23CC=CC=C2N(CC2CCCCC2)CCC13. The molecule has 2 aliphatic heterocycles. The van der Waals surface area contributed by atoms with Crippen molar-refractivity contribution in [2.75, 3.05) is 18.8 Å². The van der Waals surface area contributed by atoms with Crippen molar-refractivity contribution < 1.29 is 9.90 Å².